The van der Waals surface area contributed by atoms with E-state index in [9.17, 15) is 4.39 Å². The second-order valence-electron chi connectivity index (χ2n) is 11.7. The van der Waals surface area contributed by atoms with E-state index >= 15 is 0 Å². The van der Waals surface area contributed by atoms with Crippen molar-refractivity contribution in [1.82, 2.24) is 0 Å². The summed E-state index contributed by atoms with van der Waals surface area (Å²) in [5, 5.41) is 0. The van der Waals surface area contributed by atoms with E-state index in [1.807, 2.05) is 6.08 Å². The summed E-state index contributed by atoms with van der Waals surface area (Å²) in [6.07, 6.45) is 20.0. The van der Waals surface area contributed by atoms with Gasteiger partial charge in [0.1, 0.15) is 11.4 Å². The topological polar surface area (TPSA) is 9.23 Å². The predicted molar refractivity (Wildman–Crippen MR) is 108 cm³/mol. The van der Waals surface area contributed by atoms with Crippen LogP contribution in [0.2, 0.25) is 0 Å². The number of allylic oxidation sites excluding steroid dienone is 1. The third kappa shape index (κ3) is 3.04. The summed E-state index contributed by atoms with van der Waals surface area (Å²) in [5.74, 6) is 1.99. The first-order valence-electron chi connectivity index (χ1n) is 11.9. The van der Waals surface area contributed by atoms with Crippen LogP contribution in [0.5, 0.6) is 0 Å². The van der Waals surface area contributed by atoms with E-state index in [1.165, 1.54) is 64.2 Å². The Labute approximate surface area is 165 Å². The summed E-state index contributed by atoms with van der Waals surface area (Å²) in [6, 6.07) is 0. The van der Waals surface area contributed by atoms with Gasteiger partial charge in [0.15, 0.2) is 0 Å². The molecule has 4 bridgehead atoms. The molecule has 0 spiro atoms. The molecule has 0 N–H and O–H groups in total. The zero-order valence-electron chi connectivity index (χ0n) is 17.6. The van der Waals surface area contributed by atoms with Gasteiger partial charge in [-0.05, 0) is 111 Å². The Hall–Kier alpha value is -0.370. The van der Waals surface area contributed by atoms with Crippen molar-refractivity contribution in [3.8, 4) is 0 Å². The molecular formula is C25H39FO. The molecule has 7 aliphatic carbocycles. The maximum absolute atomic E-state index is 14.8. The molecule has 2 heteroatoms. The fourth-order valence-electron chi connectivity index (χ4n) is 7.54. The Kier molecular flexibility index (Phi) is 4.36. The maximum Gasteiger partial charge on any atom is 0.128 e. The molecule has 0 heterocycles. The fourth-order valence-corrected chi connectivity index (χ4v) is 7.54. The average Bonchev–Trinajstić information content (AvgIpc) is 2.69. The highest BCUT2D eigenvalue weighted by Crippen LogP contribution is 2.63. The monoisotopic (exact) mass is 374 g/mol. The van der Waals surface area contributed by atoms with Gasteiger partial charge in [-0.3, -0.25) is 0 Å². The van der Waals surface area contributed by atoms with Crippen molar-refractivity contribution in [2.45, 2.75) is 109 Å². The molecule has 0 amide bonds. The molecule has 0 atom stereocenters. The average molecular weight is 375 g/mol. The largest absolute Gasteiger partial charge is 0.367 e. The zero-order chi connectivity index (χ0) is 18.8. The van der Waals surface area contributed by atoms with E-state index in [1.54, 1.807) is 0 Å². The van der Waals surface area contributed by atoms with Gasteiger partial charge in [0, 0.05) is 0 Å². The summed E-state index contributed by atoms with van der Waals surface area (Å²) >= 11 is 0. The third-order valence-electron chi connectivity index (χ3n) is 10.1. The number of hydrogen-bond acceptors (Lipinski definition) is 1. The fraction of sp³-hybridized carbons (Fsp3) is 0.920. The van der Waals surface area contributed by atoms with Crippen LogP contribution < -0.4 is 0 Å². The maximum atomic E-state index is 14.8. The van der Waals surface area contributed by atoms with Crippen molar-refractivity contribution in [1.29, 1.82) is 0 Å². The molecule has 152 valence electrons. The van der Waals surface area contributed by atoms with Crippen molar-refractivity contribution in [2.75, 3.05) is 6.61 Å². The Morgan fingerprint density at radius 1 is 0.889 bits per heavy atom. The first-order valence-corrected chi connectivity index (χ1v) is 11.9. The minimum absolute atomic E-state index is 0.0520. The van der Waals surface area contributed by atoms with Crippen molar-refractivity contribution in [3.63, 3.8) is 0 Å². The Morgan fingerprint density at radius 3 is 2.04 bits per heavy atom. The molecule has 0 saturated heterocycles. The predicted octanol–water partition coefficient (Wildman–Crippen LogP) is 7.36. The Bertz CT molecular complexity index is 579. The highest BCUT2D eigenvalue weighted by Gasteiger charge is 2.54. The van der Waals surface area contributed by atoms with E-state index < -0.39 is 5.60 Å². The van der Waals surface area contributed by atoms with Gasteiger partial charge in [-0.25, -0.2) is 4.39 Å². The van der Waals surface area contributed by atoms with E-state index in [-0.39, 0.29) is 11.2 Å². The Morgan fingerprint density at radius 2 is 1.48 bits per heavy atom. The van der Waals surface area contributed by atoms with Crippen LogP contribution >= 0.6 is 0 Å². The molecule has 0 radical (unpaired) electrons. The second-order valence-corrected chi connectivity index (χ2v) is 11.7. The highest BCUT2D eigenvalue weighted by atomic mass is 19.1. The van der Waals surface area contributed by atoms with Crippen LogP contribution in [0, 0.1) is 28.1 Å². The number of ether oxygens (including phenoxy) is 1. The molecule has 7 aliphatic rings. The van der Waals surface area contributed by atoms with E-state index in [0.717, 1.165) is 44.1 Å². The smallest absolute Gasteiger partial charge is 0.128 e. The molecular weight excluding hydrogens is 335 g/mol. The first-order chi connectivity index (χ1) is 12.9. The van der Waals surface area contributed by atoms with Crippen LogP contribution in [-0.2, 0) is 4.74 Å². The molecule has 5 fully saturated rings. The van der Waals surface area contributed by atoms with Gasteiger partial charge in [-0.1, -0.05) is 26.7 Å². The van der Waals surface area contributed by atoms with Gasteiger partial charge in [-0.2, -0.15) is 0 Å². The van der Waals surface area contributed by atoms with Crippen molar-refractivity contribution >= 4 is 0 Å². The van der Waals surface area contributed by atoms with Gasteiger partial charge in [-0.15, -0.1) is 0 Å². The lowest BCUT2D eigenvalue weighted by molar-refractivity contribution is -0.150. The van der Waals surface area contributed by atoms with E-state index in [2.05, 4.69) is 13.8 Å². The molecule has 0 aromatic heterocycles. The molecule has 0 unspecified atom stereocenters. The molecule has 1 nitrogen and oxygen atoms in total. The van der Waals surface area contributed by atoms with Crippen LogP contribution in [0.1, 0.15) is 104 Å². The highest BCUT2D eigenvalue weighted by molar-refractivity contribution is 5.23. The van der Waals surface area contributed by atoms with Crippen LogP contribution in [0.25, 0.3) is 0 Å². The van der Waals surface area contributed by atoms with E-state index in [4.69, 9.17) is 4.74 Å². The SMILES string of the molecule is CC1CCC(C23CCC(COC45CCC(C)(C=C4F)CC5)(CC2)CC3)CC1. The van der Waals surface area contributed by atoms with Crippen molar-refractivity contribution < 1.29 is 9.13 Å². The van der Waals surface area contributed by atoms with Gasteiger partial charge < -0.3 is 4.74 Å². The number of hydrogen-bond donors (Lipinski definition) is 0. The lowest BCUT2D eigenvalue weighted by atomic mass is 9.48. The molecule has 7 rings (SSSR count). The second kappa shape index (κ2) is 6.31. The zero-order valence-corrected chi connectivity index (χ0v) is 17.6. The lowest BCUT2D eigenvalue weighted by Gasteiger charge is -2.58. The standard InChI is InChI=1S/C25H39FO/c1-19-3-5-20(6-4-19)24-12-9-23(10-13-24,11-14-24)18-27-25-15-7-22(2,8-16-25)17-21(25)26/h17,19-20H,3-16,18H2,1-2H3. The number of halogens is 1. The third-order valence-corrected chi connectivity index (χ3v) is 10.1. The summed E-state index contributed by atoms with van der Waals surface area (Å²) < 4.78 is 21.4. The summed E-state index contributed by atoms with van der Waals surface area (Å²) in [7, 11) is 0. The quantitative estimate of drug-likeness (QED) is 0.499. The lowest BCUT2D eigenvalue weighted by Crippen LogP contribution is -2.51. The molecule has 0 aromatic rings. The molecule has 5 saturated carbocycles. The normalized spacial score (nSPS) is 52.0. The van der Waals surface area contributed by atoms with E-state index in [0.29, 0.717) is 10.8 Å². The Balaban J connectivity index is 1.22. The van der Waals surface area contributed by atoms with Crippen molar-refractivity contribution in [3.05, 3.63) is 11.9 Å². The van der Waals surface area contributed by atoms with Crippen LogP contribution in [0.4, 0.5) is 4.39 Å². The van der Waals surface area contributed by atoms with Crippen LogP contribution in [0.3, 0.4) is 0 Å². The minimum atomic E-state index is -0.558. The number of rotatable bonds is 4. The van der Waals surface area contributed by atoms with Crippen LogP contribution in [0.15, 0.2) is 11.9 Å². The summed E-state index contributed by atoms with van der Waals surface area (Å²) in [6.45, 7) is 5.45. The van der Waals surface area contributed by atoms with Gasteiger partial charge in [0.2, 0.25) is 0 Å². The summed E-state index contributed by atoms with van der Waals surface area (Å²) in [4.78, 5) is 0. The molecule has 0 aliphatic heterocycles. The van der Waals surface area contributed by atoms with Gasteiger partial charge in [0.25, 0.3) is 0 Å². The first kappa shape index (κ1) is 18.6. The van der Waals surface area contributed by atoms with Gasteiger partial charge in [0.05, 0.1) is 6.61 Å². The molecule has 27 heavy (non-hydrogen) atoms. The van der Waals surface area contributed by atoms with Crippen LogP contribution in [-0.4, -0.2) is 12.2 Å². The van der Waals surface area contributed by atoms with Crippen molar-refractivity contribution in [2.24, 2.45) is 28.1 Å². The molecule has 0 aromatic carbocycles. The number of fused-ring (bicyclic) bond motifs is 5. The van der Waals surface area contributed by atoms with Gasteiger partial charge >= 0.3 is 0 Å². The summed E-state index contributed by atoms with van der Waals surface area (Å²) in [5.41, 5.74) is 0.554. The minimum Gasteiger partial charge on any atom is -0.367 e.